The maximum Gasteiger partial charge on any atom is 0.239 e. The Labute approximate surface area is 107 Å². The molecule has 3 N–H and O–H groups in total. The zero-order chi connectivity index (χ0) is 12.8. The van der Waals surface area contributed by atoms with Gasteiger partial charge in [-0.1, -0.05) is 18.2 Å². The minimum Gasteiger partial charge on any atom is -0.395 e. The van der Waals surface area contributed by atoms with Crippen molar-refractivity contribution in [3.8, 4) is 0 Å². The zero-order valence-electron chi connectivity index (χ0n) is 10.3. The average molecular weight is 249 g/mol. The van der Waals surface area contributed by atoms with E-state index in [4.69, 9.17) is 5.11 Å². The predicted molar refractivity (Wildman–Crippen MR) is 70.5 cm³/mol. The minimum atomic E-state index is -0.217. The number of carbonyl (C=O) groups excluding carboxylic acids is 1. The second kappa shape index (κ2) is 6.37. The van der Waals surface area contributed by atoms with Crippen LogP contribution in [0.3, 0.4) is 0 Å². The molecule has 1 atom stereocenters. The predicted octanol–water partition coefficient (Wildman–Crippen LogP) is -0.427. The molecule has 1 heterocycles. The number of aliphatic hydroxyl groups excluding tert-OH is 1. The molecule has 5 nitrogen and oxygen atoms in total. The lowest BCUT2D eigenvalue weighted by Gasteiger charge is -2.34. The summed E-state index contributed by atoms with van der Waals surface area (Å²) in [5, 5.41) is 14.6. The van der Waals surface area contributed by atoms with Gasteiger partial charge >= 0.3 is 0 Å². The molecule has 0 aliphatic carbocycles. The molecule has 2 rings (SSSR count). The van der Waals surface area contributed by atoms with E-state index in [2.05, 4.69) is 15.5 Å². The van der Waals surface area contributed by atoms with Gasteiger partial charge in [-0.05, 0) is 12.1 Å². The molecule has 0 bridgehead atoms. The van der Waals surface area contributed by atoms with Gasteiger partial charge < -0.3 is 20.6 Å². The number of piperazine rings is 1. The number of amides is 1. The van der Waals surface area contributed by atoms with Crippen LogP contribution in [-0.2, 0) is 4.79 Å². The van der Waals surface area contributed by atoms with Crippen LogP contribution in [0.4, 0.5) is 5.69 Å². The lowest BCUT2D eigenvalue weighted by atomic mass is 10.1. The van der Waals surface area contributed by atoms with Gasteiger partial charge in [0.15, 0.2) is 0 Å². The van der Waals surface area contributed by atoms with Crippen molar-refractivity contribution >= 4 is 11.6 Å². The summed E-state index contributed by atoms with van der Waals surface area (Å²) in [6.45, 7) is 2.62. The fourth-order valence-electron chi connectivity index (χ4n) is 2.10. The Balaban J connectivity index is 1.94. The van der Waals surface area contributed by atoms with Gasteiger partial charge in [0.1, 0.15) is 6.04 Å². The number of hydrogen-bond donors (Lipinski definition) is 3. The molecule has 0 aromatic heterocycles. The Morgan fingerprint density at radius 3 is 2.94 bits per heavy atom. The first-order valence-electron chi connectivity index (χ1n) is 6.23. The number of benzene rings is 1. The lowest BCUT2D eigenvalue weighted by molar-refractivity contribution is -0.123. The van der Waals surface area contributed by atoms with Crippen molar-refractivity contribution < 1.29 is 9.90 Å². The Hall–Kier alpha value is -1.59. The second-order valence-electron chi connectivity index (χ2n) is 4.30. The first-order chi connectivity index (χ1) is 8.81. The molecule has 1 saturated heterocycles. The lowest BCUT2D eigenvalue weighted by Crippen LogP contribution is -2.57. The Morgan fingerprint density at radius 2 is 2.22 bits per heavy atom. The van der Waals surface area contributed by atoms with Crippen LogP contribution in [-0.4, -0.2) is 49.8 Å². The molecule has 18 heavy (non-hydrogen) atoms. The summed E-state index contributed by atoms with van der Waals surface area (Å²) in [5.74, 6) is -0.0512. The highest BCUT2D eigenvalue weighted by Gasteiger charge is 2.24. The Morgan fingerprint density at radius 1 is 1.44 bits per heavy atom. The Bertz CT molecular complexity index is 383. The zero-order valence-corrected chi connectivity index (χ0v) is 10.3. The van der Waals surface area contributed by atoms with Crippen LogP contribution in [0.1, 0.15) is 0 Å². The summed E-state index contributed by atoms with van der Waals surface area (Å²) in [7, 11) is 0. The maximum absolute atomic E-state index is 11.8. The highest BCUT2D eigenvalue weighted by Crippen LogP contribution is 2.14. The average Bonchev–Trinajstić information content (AvgIpc) is 2.46. The molecule has 1 aliphatic rings. The van der Waals surface area contributed by atoms with Crippen molar-refractivity contribution in [1.82, 2.24) is 10.6 Å². The monoisotopic (exact) mass is 249 g/mol. The highest BCUT2D eigenvalue weighted by atomic mass is 16.3. The van der Waals surface area contributed by atoms with E-state index in [1.807, 2.05) is 30.3 Å². The molecule has 0 spiro atoms. The molecule has 1 aliphatic heterocycles. The quantitative estimate of drug-likeness (QED) is 0.678. The molecule has 1 fully saturated rings. The van der Waals surface area contributed by atoms with E-state index in [0.717, 1.165) is 18.8 Å². The topological polar surface area (TPSA) is 64.6 Å². The number of anilines is 1. The van der Waals surface area contributed by atoms with Crippen LogP contribution < -0.4 is 15.5 Å². The maximum atomic E-state index is 11.8. The fraction of sp³-hybridized carbons (Fsp3) is 0.462. The molecule has 1 aromatic carbocycles. The second-order valence-corrected chi connectivity index (χ2v) is 4.30. The largest absolute Gasteiger partial charge is 0.395 e. The van der Waals surface area contributed by atoms with E-state index >= 15 is 0 Å². The summed E-state index contributed by atoms with van der Waals surface area (Å²) >= 11 is 0. The van der Waals surface area contributed by atoms with Crippen molar-refractivity contribution in [2.45, 2.75) is 6.04 Å². The van der Waals surface area contributed by atoms with Crippen molar-refractivity contribution in [2.24, 2.45) is 0 Å². The van der Waals surface area contributed by atoms with Gasteiger partial charge in [0.2, 0.25) is 5.91 Å². The smallest absolute Gasteiger partial charge is 0.239 e. The van der Waals surface area contributed by atoms with Crippen LogP contribution in [0, 0.1) is 0 Å². The van der Waals surface area contributed by atoms with Gasteiger partial charge in [0.25, 0.3) is 0 Å². The number of nitrogens with zero attached hydrogens (tertiary/aromatic N) is 1. The van der Waals surface area contributed by atoms with Gasteiger partial charge in [0.05, 0.1) is 6.61 Å². The number of hydrogen-bond acceptors (Lipinski definition) is 4. The van der Waals surface area contributed by atoms with Gasteiger partial charge in [-0.25, -0.2) is 0 Å². The first kappa shape index (κ1) is 12.9. The van der Waals surface area contributed by atoms with E-state index in [1.165, 1.54) is 0 Å². The van der Waals surface area contributed by atoms with Crippen molar-refractivity contribution in [3.63, 3.8) is 0 Å². The van der Waals surface area contributed by atoms with Crippen LogP contribution in [0.5, 0.6) is 0 Å². The van der Waals surface area contributed by atoms with Crippen LogP contribution in [0.15, 0.2) is 30.3 Å². The third-order valence-corrected chi connectivity index (χ3v) is 3.02. The number of carbonyl (C=O) groups is 1. The molecule has 1 unspecified atom stereocenters. The normalized spacial score (nSPS) is 19.6. The SMILES string of the molecule is O=C(NCCO)C1CN(c2ccccc2)CCN1. The molecule has 0 saturated carbocycles. The van der Waals surface area contributed by atoms with Crippen molar-refractivity contribution in [3.05, 3.63) is 30.3 Å². The van der Waals surface area contributed by atoms with Crippen molar-refractivity contribution in [1.29, 1.82) is 0 Å². The molecule has 5 heteroatoms. The highest BCUT2D eigenvalue weighted by molar-refractivity contribution is 5.82. The third kappa shape index (κ3) is 3.21. The summed E-state index contributed by atoms with van der Waals surface area (Å²) in [4.78, 5) is 14.0. The molecule has 1 amide bonds. The van der Waals surface area contributed by atoms with E-state index in [9.17, 15) is 4.79 Å². The standard InChI is InChI=1S/C13H19N3O2/c17-9-7-15-13(18)12-10-16(8-6-14-12)11-4-2-1-3-5-11/h1-5,12,14,17H,6-10H2,(H,15,18). The summed E-state index contributed by atoms with van der Waals surface area (Å²) in [5.41, 5.74) is 1.14. The van der Waals surface area contributed by atoms with Crippen LogP contribution in [0.2, 0.25) is 0 Å². The van der Waals surface area contributed by atoms with Crippen LogP contribution in [0.25, 0.3) is 0 Å². The van der Waals surface area contributed by atoms with E-state index < -0.39 is 0 Å². The van der Waals surface area contributed by atoms with Gasteiger partial charge in [-0.3, -0.25) is 4.79 Å². The van der Waals surface area contributed by atoms with Crippen molar-refractivity contribution in [2.75, 3.05) is 37.7 Å². The molecule has 1 aromatic rings. The molecule has 98 valence electrons. The number of aliphatic hydroxyl groups is 1. The van der Waals surface area contributed by atoms with E-state index in [-0.39, 0.29) is 18.6 Å². The van der Waals surface area contributed by atoms with Gasteiger partial charge in [-0.2, -0.15) is 0 Å². The first-order valence-corrected chi connectivity index (χ1v) is 6.23. The van der Waals surface area contributed by atoms with Gasteiger partial charge in [0, 0.05) is 31.9 Å². The Kier molecular flexibility index (Phi) is 4.55. The van der Waals surface area contributed by atoms with E-state index in [1.54, 1.807) is 0 Å². The van der Waals surface area contributed by atoms with Gasteiger partial charge in [-0.15, -0.1) is 0 Å². The van der Waals surface area contributed by atoms with Crippen LogP contribution >= 0.6 is 0 Å². The third-order valence-electron chi connectivity index (χ3n) is 3.02. The summed E-state index contributed by atoms with van der Waals surface area (Å²) in [6, 6.07) is 9.86. The minimum absolute atomic E-state index is 0.0269. The van der Waals surface area contributed by atoms with E-state index in [0.29, 0.717) is 13.1 Å². The fourth-order valence-corrected chi connectivity index (χ4v) is 2.10. The number of para-hydroxylation sites is 1. The number of nitrogens with one attached hydrogen (secondary N) is 2. The summed E-state index contributed by atoms with van der Waals surface area (Å²) in [6.07, 6.45) is 0. The molecular weight excluding hydrogens is 230 g/mol. The molecular formula is C13H19N3O2. The molecule has 0 radical (unpaired) electrons. The summed E-state index contributed by atoms with van der Waals surface area (Å²) < 4.78 is 0. The number of rotatable bonds is 4.